The lowest BCUT2D eigenvalue weighted by Crippen LogP contribution is -2.23. The highest BCUT2D eigenvalue weighted by atomic mass is 35.5. The fourth-order valence-corrected chi connectivity index (χ4v) is 7.64. The molecule has 2 aliphatic carbocycles. The number of hydrogen-bond acceptors (Lipinski definition) is 8. The zero-order chi connectivity index (χ0) is 32.6. The van der Waals surface area contributed by atoms with E-state index < -0.39 is 0 Å². The lowest BCUT2D eigenvalue weighted by Gasteiger charge is -2.25. The zero-order valence-corrected chi connectivity index (χ0v) is 29.3. The van der Waals surface area contributed by atoms with E-state index in [-0.39, 0.29) is 12.5 Å². The highest BCUT2D eigenvalue weighted by Gasteiger charge is 2.22. The van der Waals surface area contributed by atoms with Gasteiger partial charge in [0.15, 0.2) is 11.0 Å². The maximum atomic E-state index is 6.28. The normalized spacial score (nSPS) is 22.7. The Morgan fingerprint density at radius 1 is 0.638 bits per heavy atom. The van der Waals surface area contributed by atoms with E-state index in [1.54, 1.807) is 12.4 Å². The van der Waals surface area contributed by atoms with E-state index in [0.717, 1.165) is 67.7 Å². The lowest BCUT2D eigenvalue weighted by atomic mass is 9.95. The van der Waals surface area contributed by atoms with Gasteiger partial charge in [-0.3, -0.25) is 0 Å². The Bertz CT molecular complexity index is 1570. The van der Waals surface area contributed by atoms with Crippen LogP contribution in [0.5, 0.6) is 0 Å². The molecule has 2 saturated heterocycles. The van der Waals surface area contributed by atoms with Crippen LogP contribution in [0.15, 0.2) is 24.8 Å². The summed E-state index contributed by atoms with van der Waals surface area (Å²) < 4.78 is 15.7. The van der Waals surface area contributed by atoms with Crippen LogP contribution >= 0.6 is 34.8 Å². The van der Waals surface area contributed by atoms with Crippen LogP contribution in [0.3, 0.4) is 0 Å². The minimum absolute atomic E-state index is 0.0308. The Hall–Kier alpha value is -2.21. The van der Waals surface area contributed by atoms with Crippen molar-refractivity contribution in [1.29, 1.82) is 0 Å². The topological polar surface area (TPSA) is 118 Å². The number of imidazole rings is 2. The summed E-state index contributed by atoms with van der Waals surface area (Å²) in [7, 11) is 0. The van der Waals surface area contributed by atoms with Gasteiger partial charge in [-0.05, 0) is 64.2 Å². The van der Waals surface area contributed by atoms with Crippen molar-refractivity contribution < 1.29 is 9.47 Å². The average molecular weight is 706 g/mol. The van der Waals surface area contributed by atoms with Gasteiger partial charge in [-0.1, -0.05) is 73.3 Å². The molecule has 0 amide bonds. The molecule has 2 atom stereocenters. The molecule has 13 heteroatoms. The first kappa shape index (κ1) is 34.6. The number of nitrogens with two attached hydrogens (primary N) is 1. The highest BCUT2D eigenvalue weighted by molar-refractivity contribution is 6.36. The van der Waals surface area contributed by atoms with E-state index in [0.29, 0.717) is 33.1 Å². The summed E-state index contributed by atoms with van der Waals surface area (Å²) in [6, 6.07) is 4.68. The highest BCUT2D eigenvalue weighted by Crippen LogP contribution is 2.32. The number of anilines is 1. The molecule has 4 aromatic heterocycles. The quantitative estimate of drug-likeness (QED) is 0.202. The van der Waals surface area contributed by atoms with E-state index in [1.807, 2.05) is 17.0 Å². The van der Waals surface area contributed by atoms with Crippen LogP contribution in [0, 0.1) is 0 Å². The molecular weight excluding hydrogens is 659 g/mol. The second-order valence-corrected chi connectivity index (χ2v) is 14.2. The van der Waals surface area contributed by atoms with Gasteiger partial charge in [0.25, 0.3) is 0 Å². The molecule has 256 valence electrons. The number of nitrogens with one attached hydrogen (secondary N) is 1. The molecule has 10 nitrogen and oxygen atoms in total. The van der Waals surface area contributed by atoms with E-state index in [9.17, 15) is 0 Å². The minimum Gasteiger partial charge on any atom is -0.365 e. The number of ether oxygens (including phenoxy) is 2. The first-order valence-electron chi connectivity index (χ1n) is 17.4. The van der Waals surface area contributed by atoms with Gasteiger partial charge in [0.2, 0.25) is 0 Å². The predicted octanol–water partition coefficient (Wildman–Crippen LogP) is 9.24. The molecule has 2 aliphatic heterocycles. The molecule has 0 bridgehead atoms. The molecule has 4 aromatic rings. The molecule has 47 heavy (non-hydrogen) atoms. The summed E-state index contributed by atoms with van der Waals surface area (Å²) in [5, 5.41) is 4.79. The van der Waals surface area contributed by atoms with Crippen LogP contribution in [0.4, 0.5) is 5.82 Å². The van der Waals surface area contributed by atoms with Crippen molar-refractivity contribution in [2.24, 2.45) is 5.73 Å². The predicted molar refractivity (Wildman–Crippen MR) is 189 cm³/mol. The fourth-order valence-electron chi connectivity index (χ4n) is 6.99. The zero-order valence-electron chi connectivity index (χ0n) is 27.1. The minimum atomic E-state index is 0.0308. The van der Waals surface area contributed by atoms with Crippen LogP contribution in [0.25, 0.3) is 22.1 Å². The van der Waals surface area contributed by atoms with Crippen LogP contribution in [0.1, 0.15) is 115 Å². The first-order chi connectivity index (χ1) is 23.0. The van der Waals surface area contributed by atoms with Gasteiger partial charge in [-0.15, -0.1) is 0 Å². The number of pyridine rings is 2. The molecule has 4 aliphatic rings. The van der Waals surface area contributed by atoms with E-state index in [4.69, 9.17) is 50.0 Å². The summed E-state index contributed by atoms with van der Waals surface area (Å²) in [6.45, 7) is 1.60. The van der Waals surface area contributed by atoms with Crippen molar-refractivity contribution in [3.63, 3.8) is 0 Å². The number of rotatable bonds is 4. The Balaban J connectivity index is 0.000000141. The largest absolute Gasteiger partial charge is 0.365 e. The van der Waals surface area contributed by atoms with Crippen LogP contribution in [-0.4, -0.2) is 54.4 Å². The number of nitrogens with zero attached hydrogens (tertiary/aromatic N) is 6. The van der Waals surface area contributed by atoms with Crippen LogP contribution in [0.2, 0.25) is 15.5 Å². The Morgan fingerprint density at radius 3 is 1.68 bits per heavy atom. The van der Waals surface area contributed by atoms with E-state index >= 15 is 0 Å². The van der Waals surface area contributed by atoms with Crippen LogP contribution in [-0.2, 0) is 9.47 Å². The summed E-state index contributed by atoms with van der Waals surface area (Å²) in [5.41, 5.74) is 9.09. The number of fused-ring (bicyclic) bond motifs is 2. The Labute approximate surface area is 292 Å². The lowest BCUT2D eigenvalue weighted by molar-refractivity contribution is -0.0296. The molecule has 3 N–H and O–H groups in total. The molecule has 8 rings (SSSR count). The van der Waals surface area contributed by atoms with Gasteiger partial charge < -0.3 is 29.7 Å². The third-order valence-electron chi connectivity index (χ3n) is 9.55. The van der Waals surface area contributed by atoms with Gasteiger partial charge in [-0.25, -0.2) is 19.9 Å². The van der Waals surface area contributed by atoms with Crippen molar-refractivity contribution in [2.75, 3.05) is 18.5 Å². The number of aromatic nitrogens is 6. The SMILES string of the molecule is Clc1cc2c(ncn2C2CCCCO2)c(Cl)n1.Clc1cc2c(ncn2C2CCCCO2)c(NC2CCCCC2)n1.NC1CCCCC1. The van der Waals surface area contributed by atoms with Crippen molar-refractivity contribution in [2.45, 2.75) is 127 Å². The first-order valence-corrected chi connectivity index (χ1v) is 18.6. The number of halogens is 3. The third kappa shape index (κ3) is 9.08. The monoisotopic (exact) mass is 704 g/mol. The molecule has 2 saturated carbocycles. The van der Waals surface area contributed by atoms with Gasteiger partial charge in [0, 0.05) is 37.4 Å². The van der Waals surface area contributed by atoms with Gasteiger partial charge >= 0.3 is 0 Å². The fraction of sp³-hybridized carbons (Fsp3) is 0.647. The molecule has 0 aromatic carbocycles. The second kappa shape index (κ2) is 16.9. The maximum absolute atomic E-state index is 6.28. The van der Waals surface area contributed by atoms with Crippen molar-refractivity contribution >= 4 is 62.7 Å². The van der Waals surface area contributed by atoms with Gasteiger partial charge in [0.05, 0.1) is 23.7 Å². The van der Waals surface area contributed by atoms with E-state index in [1.165, 1.54) is 70.6 Å². The summed E-state index contributed by atoms with van der Waals surface area (Å²) in [4.78, 5) is 17.3. The molecule has 6 heterocycles. The maximum Gasteiger partial charge on any atom is 0.158 e. The summed E-state index contributed by atoms with van der Waals surface area (Å²) in [6.07, 6.45) is 23.3. The van der Waals surface area contributed by atoms with E-state index in [2.05, 4.69) is 29.8 Å². The summed E-state index contributed by atoms with van der Waals surface area (Å²) in [5.74, 6) is 0.814. The van der Waals surface area contributed by atoms with Crippen molar-refractivity contribution in [1.82, 2.24) is 29.1 Å². The molecule has 2 unspecified atom stereocenters. The molecule has 0 radical (unpaired) electrons. The van der Waals surface area contributed by atoms with Crippen molar-refractivity contribution in [3.8, 4) is 0 Å². The summed E-state index contributed by atoms with van der Waals surface area (Å²) >= 11 is 18.2. The van der Waals surface area contributed by atoms with Gasteiger partial charge in [-0.2, -0.15) is 0 Å². The van der Waals surface area contributed by atoms with Gasteiger partial charge in [0.1, 0.15) is 33.8 Å². The molecular formula is C34H47Cl3N8O2. The molecule has 0 spiro atoms. The van der Waals surface area contributed by atoms with Crippen LogP contribution < -0.4 is 11.1 Å². The molecule has 4 fully saturated rings. The average Bonchev–Trinajstić information content (AvgIpc) is 3.72. The van der Waals surface area contributed by atoms with Crippen molar-refractivity contribution in [3.05, 3.63) is 40.2 Å². The Kier molecular flexibility index (Phi) is 12.5. The third-order valence-corrected chi connectivity index (χ3v) is 10.2. The standard InChI is InChI=1S/C17H23ClN4O.C11H11Cl2N3O.C6H13N/c18-14-10-13-16(17(21-14)20-12-6-2-1-3-7-12)19-11-22(13)15-8-4-5-9-23-15;12-8-5-7-10(11(13)15-8)14-6-16(7)9-3-1-2-4-17-9;7-6-4-2-1-3-5-6/h10-12,15H,1-9H2,(H,20,21);5-6,9H,1-4H2;6H,1-5,7H2. The second-order valence-electron chi connectivity index (χ2n) is 13.1. The number of hydrogen-bond donors (Lipinski definition) is 2. The smallest absolute Gasteiger partial charge is 0.158 e. The Morgan fingerprint density at radius 2 is 1.15 bits per heavy atom.